The number of nitro groups is 1. The smallest absolute Gasteiger partial charge is 0.323 e. The maximum atomic E-state index is 11.0. The number of hydrogen-bond acceptors (Lipinski definition) is 5. The van der Waals surface area contributed by atoms with Crippen molar-refractivity contribution in [3.63, 3.8) is 0 Å². The Bertz CT molecular complexity index is 406. The van der Waals surface area contributed by atoms with Crippen molar-refractivity contribution in [1.29, 1.82) is 0 Å². The molecule has 0 amide bonds. The molecule has 1 unspecified atom stereocenters. The van der Waals surface area contributed by atoms with Crippen LogP contribution in [0.3, 0.4) is 0 Å². The van der Waals surface area contributed by atoms with Crippen molar-refractivity contribution in [2.45, 2.75) is 32.3 Å². The van der Waals surface area contributed by atoms with Crippen LogP contribution in [0.4, 0.5) is 5.69 Å². The Morgan fingerprint density at radius 3 is 2.76 bits per heavy atom. The summed E-state index contributed by atoms with van der Waals surface area (Å²) in [5, 5.41) is 24.7. The van der Waals surface area contributed by atoms with Crippen LogP contribution in [0.15, 0.2) is 5.03 Å². The Balaban J connectivity index is 2.98. The third kappa shape index (κ3) is 3.19. The van der Waals surface area contributed by atoms with Crippen LogP contribution in [0.1, 0.15) is 19.5 Å². The lowest BCUT2D eigenvalue weighted by Crippen LogP contribution is -2.06. The number of aryl methyl sites for hydroxylation is 2. The first kappa shape index (κ1) is 14.0. The SMILES string of the molecule is CCn1nc(C)c([N+](=O)[O-])c1SCC(C)CO. The second kappa shape index (κ2) is 6.02. The highest BCUT2D eigenvalue weighted by Crippen LogP contribution is 2.33. The van der Waals surface area contributed by atoms with Crippen LogP contribution in [0.25, 0.3) is 0 Å². The molecule has 0 saturated carbocycles. The van der Waals surface area contributed by atoms with Gasteiger partial charge < -0.3 is 5.11 Å². The van der Waals surface area contributed by atoms with Gasteiger partial charge in [-0.25, -0.2) is 0 Å². The molecule has 1 rings (SSSR count). The van der Waals surface area contributed by atoms with E-state index in [1.807, 2.05) is 13.8 Å². The van der Waals surface area contributed by atoms with Gasteiger partial charge in [-0.2, -0.15) is 5.10 Å². The Morgan fingerprint density at radius 1 is 1.65 bits per heavy atom. The molecule has 0 bridgehead atoms. The number of nitrogens with zero attached hydrogens (tertiary/aromatic N) is 3. The Kier molecular flexibility index (Phi) is 4.95. The summed E-state index contributed by atoms with van der Waals surface area (Å²) in [7, 11) is 0. The first-order chi connectivity index (χ1) is 8.01. The topological polar surface area (TPSA) is 81.2 Å². The molecule has 0 aliphatic rings. The van der Waals surface area contributed by atoms with Crippen LogP contribution < -0.4 is 0 Å². The molecule has 0 aliphatic carbocycles. The van der Waals surface area contributed by atoms with Gasteiger partial charge in [-0.05, 0) is 19.8 Å². The minimum absolute atomic E-state index is 0.0834. The summed E-state index contributed by atoms with van der Waals surface area (Å²) in [6.45, 7) is 6.13. The summed E-state index contributed by atoms with van der Waals surface area (Å²) in [4.78, 5) is 10.6. The highest BCUT2D eigenvalue weighted by atomic mass is 32.2. The highest BCUT2D eigenvalue weighted by Gasteiger charge is 2.25. The van der Waals surface area contributed by atoms with E-state index in [0.717, 1.165) is 0 Å². The number of aliphatic hydroxyl groups is 1. The van der Waals surface area contributed by atoms with Crippen LogP contribution >= 0.6 is 11.8 Å². The largest absolute Gasteiger partial charge is 0.396 e. The lowest BCUT2D eigenvalue weighted by Gasteiger charge is -2.07. The zero-order valence-corrected chi connectivity index (χ0v) is 11.0. The molecule has 96 valence electrons. The summed E-state index contributed by atoms with van der Waals surface area (Å²) in [6.07, 6.45) is 0. The molecule has 0 fully saturated rings. The third-order valence-electron chi connectivity index (χ3n) is 2.35. The summed E-state index contributed by atoms with van der Waals surface area (Å²) >= 11 is 1.38. The Labute approximate surface area is 104 Å². The summed E-state index contributed by atoms with van der Waals surface area (Å²) in [6, 6.07) is 0. The number of hydrogen-bond donors (Lipinski definition) is 1. The molecule has 6 nitrogen and oxygen atoms in total. The van der Waals surface area contributed by atoms with Gasteiger partial charge in [-0.15, -0.1) is 0 Å². The molecule has 0 aliphatic heterocycles. The van der Waals surface area contributed by atoms with E-state index in [4.69, 9.17) is 5.11 Å². The Morgan fingerprint density at radius 2 is 2.29 bits per heavy atom. The molecule has 0 spiro atoms. The van der Waals surface area contributed by atoms with Gasteiger partial charge in [0.15, 0.2) is 5.03 Å². The molecule has 0 saturated heterocycles. The molecule has 1 aromatic heterocycles. The van der Waals surface area contributed by atoms with E-state index in [2.05, 4.69) is 5.10 Å². The normalized spacial score (nSPS) is 12.7. The predicted octanol–water partition coefficient (Wildman–Crippen LogP) is 1.84. The maximum absolute atomic E-state index is 11.0. The lowest BCUT2D eigenvalue weighted by molar-refractivity contribution is -0.388. The van der Waals surface area contributed by atoms with Gasteiger partial charge in [0.25, 0.3) is 0 Å². The fourth-order valence-corrected chi connectivity index (χ4v) is 2.62. The van der Waals surface area contributed by atoms with E-state index < -0.39 is 0 Å². The molecular weight excluding hydrogens is 242 g/mol. The average molecular weight is 259 g/mol. The fourth-order valence-electron chi connectivity index (χ4n) is 1.39. The van der Waals surface area contributed by atoms with Crippen LogP contribution in [0.5, 0.6) is 0 Å². The zero-order chi connectivity index (χ0) is 13.0. The third-order valence-corrected chi connectivity index (χ3v) is 3.76. The van der Waals surface area contributed by atoms with Crippen molar-refractivity contribution in [2.75, 3.05) is 12.4 Å². The van der Waals surface area contributed by atoms with Gasteiger partial charge >= 0.3 is 5.69 Å². The van der Waals surface area contributed by atoms with Gasteiger partial charge in [0.1, 0.15) is 5.69 Å². The minimum atomic E-state index is -0.388. The number of aromatic nitrogens is 2. The number of thioether (sulfide) groups is 1. The van der Waals surface area contributed by atoms with E-state index in [1.54, 1.807) is 11.6 Å². The predicted molar refractivity (Wildman–Crippen MR) is 66.3 cm³/mol. The van der Waals surface area contributed by atoms with Gasteiger partial charge in [0.2, 0.25) is 0 Å². The van der Waals surface area contributed by atoms with Crippen molar-refractivity contribution in [1.82, 2.24) is 9.78 Å². The molecule has 7 heteroatoms. The minimum Gasteiger partial charge on any atom is -0.396 e. The van der Waals surface area contributed by atoms with Gasteiger partial charge in [-0.3, -0.25) is 14.8 Å². The summed E-state index contributed by atoms with van der Waals surface area (Å²) < 4.78 is 1.64. The maximum Gasteiger partial charge on any atom is 0.323 e. The van der Waals surface area contributed by atoms with E-state index in [0.29, 0.717) is 23.0 Å². The second-order valence-corrected chi connectivity index (χ2v) is 4.92. The Hall–Kier alpha value is -1.08. The van der Waals surface area contributed by atoms with E-state index in [-0.39, 0.29) is 23.1 Å². The molecular formula is C10H17N3O3S. The number of aliphatic hydroxyl groups excluding tert-OH is 1. The summed E-state index contributed by atoms with van der Waals surface area (Å²) in [5.74, 6) is 0.753. The van der Waals surface area contributed by atoms with Gasteiger partial charge in [0.05, 0.1) is 4.92 Å². The monoisotopic (exact) mass is 259 g/mol. The highest BCUT2D eigenvalue weighted by molar-refractivity contribution is 7.99. The standard InChI is InChI=1S/C10H17N3O3S/c1-4-12-10(17-6-7(2)5-14)9(13(15)16)8(3)11-12/h7,14H,4-6H2,1-3H3. The van der Waals surface area contributed by atoms with Crippen LogP contribution in [0.2, 0.25) is 0 Å². The van der Waals surface area contributed by atoms with E-state index in [1.165, 1.54) is 11.8 Å². The van der Waals surface area contributed by atoms with Gasteiger partial charge in [-0.1, -0.05) is 18.7 Å². The second-order valence-electron chi connectivity index (χ2n) is 3.91. The lowest BCUT2D eigenvalue weighted by atomic mass is 10.2. The van der Waals surface area contributed by atoms with Crippen LogP contribution in [-0.2, 0) is 6.54 Å². The van der Waals surface area contributed by atoms with Crippen molar-refractivity contribution >= 4 is 17.4 Å². The molecule has 1 N–H and O–H groups in total. The first-order valence-electron chi connectivity index (χ1n) is 5.46. The van der Waals surface area contributed by atoms with Gasteiger partial charge in [0, 0.05) is 18.9 Å². The average Bonchev–Trinajstić information content (AvgIpc) is 2.62. The quantitative estimate of drug-likeness (QED) is 0.479. The molecule has 1 atom stereocenters. The first-order valence-corrected chi connectivity index (χ1v) is 6.45. The van der Waals surface area contributed by atoms with Crippen molar-refractivity contribution < 1.29 is 10.0 Å². The zero-order valence-electron chi connectivity index (χ0n) is 10.2. The molecule has 0 radical (unpaired) electrons. The van der Waals surface area contributed by atoms with Crippen LogP contribution in [-0.4, -0.2) is 32.2 Å². The molecule has 0 aromatic carbocycles. The fraction of sp³-hybridized carbons (Fsp3) is 0.700. The van der Waals surface area contributed by atoms with Crippen molar-refractivity contribution in [2.24, 2.45) is 5.92 Å². The van der Waals surface area contributed by atoms with Crippen LogP contribution in [0, 0.1) is 23.0 Å². The van der Waals surface area contributed by atoms with E-state index in [9.17, 15) is 10.1 Å². The summed E-state index contributed by atoms with van der Waals surface area (Å²) in [5.41, 5.74) is 0.526. The van der Waals surface area contributed by atoms with E-state index >= 15 is 0 Å². The molecule has 1 heterocycles. The molecule has 17 heavy (non-hydrogen) atoms. The van der Waals surface area contributed by atoms with Crippen molar-refractivity contribution in [3.8, 4) is 0 Å². The number of rotatable bonds is 6. The van der Waals surface area contributed by atoms with Crippen molar-refractivity contribution in [3.05, 3.63) is 15.8 Å². The molecule has 1 aromatic rings.